The van der Waals surface area contributed by atoms with Crippen LogP contribution in [0.25, 0.3) is 0 Å². The molecule has 0 radical (unpaired) electrons. The first-order valence-electron chi connectivity index (χ1n) is 13.0. The number of benzene rings is 2. The molecule has 1 N–H and O–H groups in total. The minimum absolute atomic E-state index is 0.0713. The Morgan fingerprint density at radius 1 is 0.829 bits per heavy atom. The number of hydrogen-bond donors (Lipinski definition) is 1. The first kappa shape index (κ1) is 27.4. The van der Waals surface area contributed by atoms with Crippen LogP contribution in [0.2, 0.25) is 0 Å². The molecule has 4 aromatic rings. The summed E-state index contributed by atoms with van der Waals surface area (Å²) in [6.45, 7) is 0.920. The SMILES string of the molecule is COc1ccc(C(=O)C2CCN(C(=O)c3ccc(C(=O)Nc4ccc(Oc5ccc(F)cc5)nc4)nc3)CC2)cc1. The summed E-state index contributed by atoms with van der Waals surface area (Å²) in [5, 5.41) is 2.70. The van der Waals surface area contributed by atoms with Crippen molar-refractivity contribution in [2.75, 3.05) is 25.5 Å². The highest BCUT2D eigenvalue weighted by atomic mass is 19.1. The van der Waals surface area contributed by atoms with Gasteiger partial charge in [-0.1, -0.05) is 0 Å². The summed E-state index contributed by atoms with van der Waals surface area (Å²) in [5.41, 5.74) is 1.57. The van der Waals surface area contributed by atoms with Crippen LogP contribution in [-0.4, -0.2) is 52.7 Å². The van der Waals surface area contributed by atoms with Crippen molar-refractivity contribution in [3.8, 4) is 17.4 Å². The Balaban J connectivity index is 1.12. The third-order valence-corrected chi connectivity index (χ3v) is 6.80. The van der Waals surface area contributed by atoms with Gasteiger partial charge in [0.25, 0.3) is 11.8 Å². The van der Waals surface area contributed by atoms with Crippen molar-refractivity contribution in [2.24, 2.45) is 5.92 Å². The van der Waals surface area contributed by atoms with Crippen LogP contribution in [0.15, 0.2) is 85.2 Å². The molecular formula is C31H27FN4O5. The number of aromatic nitrogens is 2. The summed E-state index contributed by atoms with van der Waals surface area (Å²) in [6, 6.07) is 18.8. The number of carbonyl (C=O) groups excluding carboxylic acids is 3. The van der Waals surface area contributed by atoms with E-state index in [1.165, 1.54) is 42.7 Å². The van der Waals surface area contributed by atoms with Gasteiger partial charge < -0.3 is 19.7 Å². The van der Waals surface area contributed by atoms with E-state index in [-0.39, 0.29) is 35.0 Å². The number of hydrogen-bond acceptors (Lipinski definition) is 7. The maximum atomic E-state index is 13.0. The molecule has 1 saturated heterocycles. The van der Waals surface area contributed by atoms with Crippen LogP contribution in [0, 0.1) is 11.7 Å². The third-order valence-electron chi connectivity index (χ3n) is 6.80. The fraction of sp³-hybridized carbons (Fsp3) is 0.194. The number of ketones is 1. The molecule has 5 rings (SSSR count). The number of piperidine rings is 1. The molecule has 2 aromatic carbocycles. The number of anilines is 1. The Morgan fingerprint density at radius 2 is 1.51 bits per heavy atom. The highest BCUT2D eigenvalue weighted by Gasteiger charge is 2.28. The number of rotatable bonds is 8. The molecule has 10 heteroatoms. The average molecular weight is 555 g/mol. The average Bonchev–Trinajstić information content (AvgIpc) is 3.02. The highest BCUT2D eigenvalue weighted by molar-refractivity contribution is 6.03. The maximum absolute atomic E-state index is 13.0. The fourth-order valence-corrected chi connectivity index (χ4v) is 4.51. The molecule has 208 valence electrons. The molecule has 0 spiro atoms. The summed E-state index contributed by atoms with van der Waals surface area (Å²) in [7, 11) is 1.58. The molecule has 1 fully saturated rings. The summed E-state index contributed by atoms with van der Waals surface area (Å²) in [6.07, 6.45) is 3.96. The van der Waals surface area contributed by atoms with E-state index < -0.39 is 5.91 Å². The van der Waals surface area contributed by atoms with Gasteiger partial charge >= 0.3 is 0 Å². The normalized spacial score (nSPS) is 13.4. The van der Waals surface area contributed by atoms with Gasteiger partial charge in [0.2, 0.25) is 5.88 Å². The van der Waals surface area contributed by atoms with Gasteiger partial charge in [0, 0.05) is 36.8 Å². The second-order valence-corrected chi connectivity index (χ2v) is 9.49. The Hall–Kier alpha value is -5.12. The number of Topliss-reactive ketones (excluding diaryl/α,β-unsaturated/α-hetero) is 1. The summed E-state index contributed by atoms with van der Waals surface area (Å²) < 4.78 is 23.7. The molecular weight excluding hydrogens is 527 g/mol. The molecule has 0 aliphatic carbocycles. The van der Waals surface area contributed by atoms with Crippen molar-refractivity contribution < 1.29 is 28.2 Å². The molecule has 0 atom stereocenters. The lowest BCUT2D eigenvalue weighted by Gasteiger charge is -2.31. The quantitative estimate of drug-likeness (QED) is 0.290. The zero-order valence-electron chi connectivity index (χ0n) is 22.2. The van der Waals surface area contributed by atoms with Crippen molar-refractivity contribution in [3.05, 3.63) is 108 Å². The Labute approximate surface area is 236 Å². The van der Waals surface area contributed by atoms with Crippen molar-refractivity contribution in [1.29, 1.82) is 0 Å². The fourth-order valence-electron chi connectivity index (χ4n) is 4.51. The van der Waals surface area contributed by atoms with Crippen molar-refractivity contribution in [3.63, 3.8) is 0 Å². The maximum Gasteiger partial charge on any atom is 0.274 e. The number of pyridine rings is 2. The first-order valence-corrected chi connectivity index (χ1v) is 13.0. The van der Waals surface area contributed by atoms with E-state index in [0.29, 0.717) is 54.2 Å². The largest absolute Gasteiger partial charge is 0.497 e. The van der Waals surface area contributed by atoms with E-state index in [9.17, 15) is 18.8 Å². The lowest BCUT2D eigenvalue weighted by molar-refractivity contribution is 0.0650. The van der Waals surface area contributed by atoms with Crippen LogP contribution in [0.1, 0.15) is 44.0 Å². The smallest absolute Gasteiger partial charge is 0.274 e. The minimum atomic E-state index is -0.462. The van der Waals surface area contributed by atoms with Crippen LogP contribution < -0.4 is 14.8 Å². The lowest BCUT2D eigenvalue weighted by Crippen LogP contribution is -2.40. The van der Waals surface area contributed by atoms with E-state index in [4.69, 9.17) is 9.47 Å². The summed E-state index contributed by atoms with van der Waals surface area (Å²) in [5.74, 6) is 0.312. The molecule has 1 aliphatic rings. The van der Waals surface area contributed by atoms with Crippen LogP contribution >= 0.6 is 0 Å². The second-order valence-electron chi connectivity index (χ2n) is 9.49. The van der Waals surface area contributed by atoms with E-state index in [0.717, 1.165) is 0 Å². The Bertz CT molecular complexity index is 1520. The van der Waals surface area contributed by atoms with Crippen LogP contribution in [0.5, 0.6) is 17.4 Å². The standard InChI is InChI=1S/C31H27FN4O5/c1-40-25-8-2-20(3-9-25)29(37)21-14-16-36(17-15-21)31(39)22-4-12-27(33-18-22)30(38)35-24-7-13-28(34-19-24)41-26-10-5-23(32)6-11-26/h2-13,18-19,21H,14-17H2,1H3,(H,35,38). The minimum Gasteiger partial charge on any atom is -0.497 e. The third kappa shape index (κ3) is 6.73. The predicted octanol–water partition coefficient (Wildman–Crippen LogP) is 5.40. The van der Waals surface area contributed by atoms with Crippen LogP contribution in [0.3, 0.4) is 0 Å². The molecule has 2 aromatic heterocycles. The highest BCUT2D eigenvalue weighted by Crippen LogP contribution is 2.25. The molecule has 3 heterocycles. The molecule has 0 saturated carbocycles. The topological polar surface area (TPSA) is 111 Å². The van der Waals surface area contributed by atoms with Gasteiger partial charge in [-0.25, -0.2) is 9.37 Å². The monoisotopic (exact) mass is 554 g/mol. The number of likely N-dealkylation sites (tertiary alicyclic amines) is 1. The molecule has 2 amide bonds. The van der Waals surface area contributed by atoms with Gasteiger partial charge in [-0.05, 0) is 79.6 Å². The van der Waals surface area contributed by atoms with Crippen molar-refractivity contribution in [2.45, 2.75) is 12.8 Å². The van der Waals surface area contributed by atoms with E-state index in [1.807, 2.05) is 0 Å². The van der Waals surface area contributed by atoms with E-state index in [2.05, 4.69) is 15.3 Å². The van der Waals surface area contributed by atoms with E-state index in [1.54, 1.807) is 54.5 Å². The number of amides is 2. The van der Waals surface area contributed by atoms with Gasteiger partial charge in [-0.2, -0.15) is 0 Å². The van der Waals surface area contributed by atoms with Crippen molar-refractivity contribution in [1.82, 2.24) is 14.9 Å². The number of halogens is 1. The predicted molar refractivity (Wildman–Crippen MR) is 149 cm³/mol. The summed E-state index contributed by atoms with van der Waals surface area (Å²) in [4.78, 5) is 48.6. The zero-order chi connectivity index (χ0) is 28.8. The lowest BCUT2D eigenvalue weighted by atomic mass is 9.88. The molecule has 0 bridgehead atoms. The molecule has 1 aliphatic heterocycles. The Kier molecular flexibility index (Phi) is 8.28. The number of methoxy groups -OCH3 is 1. The van der Waals surface area contributed by atoms with Crippen LogP contribution in [-0.2, 0) is 0 Å². The number of nitrogens with zero attached hydrogens (tertiary/aromatic N) is 3. The van der Waals surface area contributed by atoms with E-state index >= 15 is 0 Å². The van der Waals surface area contributed by atoms with Gasteiger partial charge in [0.1, 0.15) is 23.0 Å². The number of carbonyl (C=O) groups is 3. The molecule has 41 heavy (non-hydrogen) atoms. The van der Waals surface area contributed by atoms with Gasteiger partial charge in [-0.3, -0.25) is 19.4 Å². The molecule has 9 nitrogen and oxygen atoms in total. The molecule has 0 unspecified atom stereocenters. The number of ether oxygens (including phenoxy) is 2. The van der Waals surface area contributed by atoms with Crippen LogP contribution in [0.4, 0.5) is 10.1 Å². The van der Waals surface area contributed by atoms with Crippen molar-refractivity contribution >= 4 is 23.3 Å². The zero-order valence-corrected chi connectivity index (χ0v) is 22.2. The first-order chi connectivity index (χ1) is 19.9. The number of nitrogens with one attached hydrogen (secondary N) is 1. The van der Waals surface area contributed by atoms with Gasteiger partial charge in [0.05, 0.1) is 24.6 Å². The van der Waals surface area contributed by atoms with Gasteiger partial charge in [-0.15, -0.1) is 0 Å². The summed E-state index contributed by atoms with van der Waals surface area (Å²) >= 11 is 0. The Morgan fingerprint density at radius 3 is 2.12 bits per heavy atom. The van der Waals surface area contributed by atoms with Gasteiger partial charge in [0.15, 0.2) is 5.78 Å². The second kappa shape index (κ2) is 12.4.